The molecule has 104 valence electrons. The molecule has 5 nitrogen and oxygen atoms in total. The van der Waals surface area contributed by atoms with Crippen molar-refractivity contribution in [1.29, 1.82) is 0 Å². The summed E-state index contributed by atoms with van der Waals surface area (Å²) in [6.07, 6.45) is 0. The number of nitrogens with zero attached hydrogens (tertiary/aromatic N) is 1. The molecule has 0 saturated heterocycles. The Morgan fingerprint density at radius 1 is 1.20 bits per heavy atom. The zero-order chi connectivity index (χ0) is 14.5. The fourth-order valence-electron chi connectivity index (χ4n) is 1.66. The van der Waals surface area contributed by atoms with Crippen molar-refractivity contribution in [2.24, 2.45) is 0 Å². The predicted molar refractivity (Wildman–Crippen MR) is 78.1 cm³/mol. The topological polar surface area (TPSA) is 61.6 Å². The third-order valence-corrected chi connectivity index (χ3v) is 3.47. The summed E-state index contributed by atoms with van der Waals surface area (Å²) in [5.41, 5.74) is 0.911. The minimum Gasteiger partial charge on any atom is -0.493 e. The second-order valence-corrected chi connectivity index (χ2v) is 4.83. The van der Waals surface area contributed by atoms with Crippen molar-refractivity contribution < 1.29 is 14.4 Å². The van der Waals surface area contributed by atoms with Gasteiger partial charge in [-0.25, -0.2) is 0 Å². The number of halogens is 1. The van der Waals surface area contributed by atoms with E-state index < -0.39 is 4.92 Å². The van der Waals surface area contributed by atoms with Crippen LogP contribution in [0.1, 0.15) is 5.56 Å². The van der Waals surface area contributed by atoms with Gasteiger partial charge in [-0.3, -0.25) is 10.1 Å². The number of non-ortho nitro benzene ring substituents is 1. The van der Waals surface area contributed by atoms with Crippen molar-refractivity contribution in [3.05, 3.63) is 62.6 Å². The Bertz CT molecular complexity index is 630. The number of ether oxygens (including phenoxy) is 2. The second kappa shape index (κ2) is 6.38. The lowest BCUT2D eigenvalue weighted by molar-refractivity contribution is -0.385. The molecule has 0 aliphatic heterocycles. The summed E-state index contributed by atoms with van der Waals surface area (Å²) >= 11 is 3.42. The van der Waals surface area contributed by atoms with Gasteiger partial charge in [0.2, 0.25) is 0 Å². The summed E-state index contributed by atoms with van der Waals surface area (Å²) in [6.45, 7) is 0.291. The van der Waals surface area contributed by atoms with Crippen molar-refractivity contribution in [3.8, 4) is 11.5 Å². The number of nitro groups is 1. The number of hydrogen-bond donors (Lipinski definition) is 0. The van der Waals surface area contributed by atoms with Gasteiger partial charge in [-0.15, -0.1) is 0 Å². The van der Waals surface area contributed by atoms with E-state index in [1.54, 1.807) is 0 Å². The average molecular weight is 338 g/mol. The van der Waals surface area contributed by atoms with Crippen molar-refractivity contribution in [3.63, 3.8) is 0 Å². The maximum atomic E-state index is 10.8. The van der Waals surface area contributed by atoms with E-state index >= 15 is 0 Å². The van der Waals surface area contributed by atoms with Crippen LogP contribution >= 0.6 is 15.9 Å². The summed E-state index contributed by atoms with van der Waals surface area (Å²) in [5.74, 6) is 0.806. The Morgan fingerprint density at radius 3 is 2.60 bits per heavy atom. The van der Waals surface area contributed by atoms with Gasteiger partial charge in [-0.1, -0.05) is 34.1 Å². The van der Waals surface area contributed by atoms with E-state index in [-0.39, 0.29) is 5.69 Å². The lowest BCUT2D eigenvalue weighted by Gasteiger charge is -2.11. The molecule has 0 fully saturated rings. The molecular weight excluding hydrogens is 326 g/mol. The Hall–Kier alpha value is -2.08. The van der Waals surface area contributed by atoms with Gasteiger partial charge in [0.05, 0.1) is 18.1 Å². The summed E-state index contributed by atoms with van der Waals surface area (Å²) in [5, 5.41) is 10.8. The standard InChI is InChI=1S/C14H12BrNO4/c1-19-13-7-6-11(16(17)18)8-14(13)20-9-10-4-2-3-5-12(10)15/h2-8H,9H2,1H3. The van der Waals surface area contributed by atoms with E-state index in [9.17, 15) is 10.1 Å². The molecule has 0 N–H and O–H groups in total. The van der Waals surface area contributed by atoms with Crippen LogP contribution in [0.3, 0.4) is 0 Å². The van der Waals surface area contributed by atoms with E-state index in [1.807, 2.05) is 24.3 Å². The highest BCUT2D eigenvalue weighted by Crippen LogP contribution is 2.32. The van der Waals surface area contributed by atoms with Gasteiger partial charge in [0.25, 0.3) is 5.69 Å². The molecule has 0 radical (unpaired) electrons. The molecule has 0 spiro atoms. The molecular formula is C14H12BrNO4. The van der Waals surface area contributed by atoms with Crippen molar-refractivity contribution in [2.75, 3.05) is 7.11 Å². The normalized spacial score (nSPS) is 10.1. The predicted octanol–water partition coefficient (Wildman–Crippen LogP) is 3.94. The number of benzene rings is 2. The monoisotopic (exact) mass is 337 g/mol. The zero-order valence-electron chi connectivity index (χ0n) is 10.7. The maximum absolute atomic E-state index is 10.8. The molecule has 0 aliphatic rings. The van der Waals surface area contributed by atoms with E-state index in [0.29, 0.717) is 18.1 Å². The Labute approximate surface area is 124 Å². The quantitative estimate of drug-likeness (QED) is 0.612. The van der Waals surface area contributed by atoms with Crippen LogP contribution in [0.5, 0.6) is 11.5 Å². The summed E-state index contributed by atoms with van der Waals surface area (Å²) in [6, 6.07) is 11.9. The van der Waals surface area contributed by atoms with Crippen LogP contribution < -0.4 is 9.47 Å². The van der Waals surface area contributed by atoms with Crippen LogP contribution in [0, 0.1) is 10.1 Å². The Kier molecular flexibility index (Phi) is 4.57. The zero-order valence-corrected chi connectivity index (χ0v) is 12.3. The molecule has 2 rings (SSSR count). The minimum atomic E-state index is -0.468. The van der Waals surface area contributed by atoms with E-state index in [0.717, 1.165) is 10.0 Å². The molecule has 0 bridgehead atoms. The summed E-state index contributed by atoms with van der Waals surface area (Å²) in [7, 11) is 1.49. The lowest BCUT2D eigenvalue weighted by atomic mass is 10.2. The molecule has 2 aromatic carbocycles. The van der Waals surface area contributed by atoms with Crippen LogP contribution in [-0.4, -0.2) is 12.0 Å². The lowest BCUT2D eigenvalue weighted by Crippen LogP contribution is -1.99. The smallest absolute Gasteiger partial charge is 0.273 e. The Balaban J connectivity index is 2.22. The van der Waals surface area contributed by atoms with Gasteiger partial charge >= 0.3 is 0 Å². The Morgan fingerprint density at radius 2 is 1.95 bits per heavy atom. The number of hydrogen-bond acceptors (Lipinski definition) is 4. The molecule has 2 aromatic rings. The molecule has 0 aromatic heterocycles. The van der Waals surface area contributed by atoms with Crippen LogP contribution in [0.15, 0.2) is 46.9 Å². The fraction of sp³-hybridized carbons (Fsp3) is 0.143. The summed E-state index contributed by atoms with van der Waals surface area (Å²) in [4.78, 5) is 10.3. The molecule has 20 heavy (non-hydrogen) atoms. The van der Waals surface area contributed by atoms with Gasteiger partial charge < -0.3 is 9.47 Å². The number of rotatable bonds is 5. The minimum absolute atomic E-state index is 0.0343. The van der Waals surface area contributed by atoms with Crippen LogP contribution in [0.2, 0.25) is 0 Å². The summed E-state index contributed by atoms with van der Waals surface area (Å²) < 4.78 is 11.7. The van der Waals surface area contributed by atoms with E-state index in [2.05, 4.69) is 15.9 Å². The largest absolute Gasteiger partial charge is 0.493 e. The highest BCUT2D eigenvalue weighted by atomic mass is 79.9. The van der Waals surface area contributed by atoms with E-state index in [4.69, 9.17) is 9.47 Å². The van der Waals surface area contributed by atoms with Crippen LogP contribution in [0.25, 0.3) is 0 Å². The van der Waals surface area contributed by atoms with Crippen molar-refractivity contribution in [2.45, 2.75) is 6.61 Å². The molecule has 0 atom stereocenters. The highest BCUT2D eigenvalue weighted by molar-refractivity contribution is 9.10. The van der Waals surface area contributed by atoms with Crippen LogP contribution in [-0.2, 0) is 6.61 Å². The number of methoxy groups -OCH3 is 1. The molecule has 0 unspecified atom stereocenters. The van der Waals surface area contributed by atoms with Crippen LogP contribution in [0.4, 0.5) is 5.69 Å². The van der Waals surface area contributed by atoms with Gasteiger partial charge in [0.1, 0.15) is 6.61 Å². The molecule has 0 heterocycles. The first-order chi connectivity index (χ1) is 9.61. The number of nitro benzene ring substituents is 1. The molecule has 0 aliphatic carbocycles. The first kappa shape index (κ1) is 14.3. The van der Waals surface area contributed by atoms with Crippen molar-refractivity contribution in [1.82, 2.24) is 0 Å². The van der Waals surface area contributed by atoms with Gasteiger partial charge in [0, 0.05) is 16.1 Å². The average Bonchev–Trinajstić information content (AvgIpc) is 2.46. The third kappa shape index (κ3) is 3.27. The van der Waals surface area contributed by atoms with Crippen molar-refractivity contribution >= 4 is 21.6 Å². The fourth-order valence-corrected chi connectivity index (χ4v) is 2.06. The first-order valence-corrected chi connectivity index (χ1v) is 6.59. The highest BCUT2D eigenvalue weighted by Gasteiger charge is 2.13. The molecule has 6 heteroatoms. The maximum Gasteiger partial charge on any atom is 0.273 e. The first-order valence-electron chi connectivity index (χ1n) is 5.80. The molecule has 0 amide bonds. The van der Waals surface area contributed by atoms with Gasteiger partial charge in [-0.05, 0) is 12.1 Å². The second-order valence-electron chi connectivity index (χ2n) is 3.97. The third-order valence-electron chi connectivity index (χ3n) is 2.70. The van der Waals surface area contributed by atoms with Gasteiger partial charge in [0.15, 0.2) is 11.5 Å². The SMILES string of the molecule is COc1ccc([N+](=O)[O-])cc1OCc1ccccc1Br. The molecule has 0 saturated carbocycles. The van der Waals surface area contributed by atoms with E-state index in [1.165, 1.54) is 25.3 Å². The van der Waals surface area contributed by atoms with Gasteiger partial charge in [-0.2, -0.15) is 0 Å².